The van der Waals surface area contributed by atoms with Gasteiger partial charge >= 0.3 is 5.97 Å². The van der Waals surface area contributed by atoms with Gasteiger partial charge in [0.2, 0.25) is 5.91 Å². The number of esters is 1. The second kappa shape index (κ2) is 15.6. The highest BCUT2D eigenvalue weighted by atomic mass is 16.6. The third-order valence-electron chi connectivity index (χ3n) is 10.5. The molecule has 3 unspecified atom stereocenters. The van der Waals surface area contributed by atoms with Crippen LogP contribution < -0.4 is 9.80 Å². The number of benzene rings is 1. The lowest BCUT2D eigenvalue weighted by molar-refractivity contribution is -0.161. The predicted molar refractivity (Wildman–Crippen MR) is 182 cm³/mol. The van der Waals surface area contributed by atoms with Crippen LogP contribution in [0.15, 0.2) is 49.6 Å². The molecule has 3 saturated heterocycles. The molecule has 9 heteroatoms. The van der Waals surface area contributed by atoms with Gasteiger partial charge < -0.3 is 29.3 Å². The minimum Gasteiger partial charge on any atom is -0.465 e. The Morgan fingerprint density at radius 2 is 1.72 bits per heavy atom. The van der Waals surface area contributed by atoms with E-state index in [4.69, 9.17) is 9.47 Å². The van der Waals surface area contributed by atoms with Crippen LogP contribution in [-0.2, 0) is 23.9 Å². The summed E-state index contributed by atoms with van der Waals surface area (Å²) < 4.78 is 12.7. The molecule has 0 aliphatic carbocycles. The van der Waals surface area contributed by atoms with Crippen LogP contribution in [0.5, 0.6) is 0 Å². The van der Waals surface area contributed by atoms with E-state index in [9.17, 15) is 19.5 Å². The standard InChI is InChI=1S/C37H55N3O6/c1-7-11-12-17-25-45-35(44)31-30-33(42)40(23-15-13-14-16-24-41)32(37(30)26-27(5)36(31,6)46-37)34(43)39(22-8-2)29-20-18-28(19-21-29)38(9-3)10-4/h7-8,18-21,27,30-32,41H,1-2,9-17,22-26H2,3-6H3/t27?,30-,31-,32?,36+,37?/m0/s1. The van der Waals surface area contributed by atoms with E-state index in [2.05, 4.69) is 31.9 Å². The third kappa shape index (κ3) is 6.63. The van der Waals surface area contributed by atoms with Gasteiger partial charge in [0.25, 0.3) is 5.91 Å². The molecule has 1 aromatic carbocycles. The van der Waals surface area contributed by atoms with Crippen LogP contribution in [0.4, 0.5) is 11.4 Å². The summed E-state index contributed by atoms with van der Waals surface area (Å²) >= 11 is 0. The molecule has 9 nitrogen and oxygen atoms in total. The summed E-state index contributed by atoms with van der Waals surface area (Å²) in [7, 11) is 0. The van der Waals surface area contributed by atoms with Gasteiger partial charge in [-0.05, 0) is 89.5 Å². The van der Waals surface area contributed by atoms with E-state index < -0.39 is 35.0 Å². The number of ether oxygens (including phenoxy) is 2. The number of aliphatic hydroxyl groups excluding tert-OH is 1. The second-order valence-electron chi connectivity index (χ2n) is 13.3. The lowest BCUT2D eigenvalue weighted by Gasteiger charge is -2.37. The molecule has 1 aromatic rings. The maximum atomic E-state index is 14.9. The maximum absolute atomic E-state index is 14.9. The van der Waals surface area contributed by atoms with Crippen LogP contribution >= 0.6 is 0 Å². The van der Waals surface area contributed by atoms with Gasteiger partial charge in [0.05, 0.1) is 18.1 Å². The summed E-state index contributed by atoms with van der Waals surface area (Å²) in [5.41, 5.74) is -0.262. The van der Waals surface area contributed by atoms with Crippen LogP contribution in [0.2, 0.25) is 0 Å². The molecular formula is C37H55N3O6. The van der Waals surface area contributed by atoms with E-state index in [0.29, 0.717) is 32.2 Å². The van der Waals surface area contributed by atoms with E-state index in [1.807, 2.05) is 44.2 Å². The van der Waals surface area contributed by atoms with Crippen molar-refractivity contribution in [2.45, 2.75) is 96.3 Å². The fourth-order valence-corrected chi connectivity index (χ4v) is 8.05. The first kappa shape index (κ1) is 35.7. The Hall–Kier alpha value is -3.17. The molecule has 1 spiro atoms. The molecule has 3 aliphatic heterocycles. The van der Waals surface area contributed by atoms with Crippen LogP contribution in [0.25, 0.3) is 0 Å². The molecule has 0 radical (unpaired) electrons. The van der Waals surface area contributed by atoms with Crippen molar-refractivity contribution in [1.29, 1.82) is 0 Å². The first-order valence-corrected chi connectivity index (χ1v) is 17.3. The number of carbonyl (C=O) groups is 3. The number of hydrogen-bond acceptors (Lipinski definition) is 7. The average Bonchev–Trinajstić information content (AvgIpc) is 3.56. The molecule has 0 aromatic heterocycles. The normalized spacial score (nSPS) is 27.8. The number of nitrogens with zero attached hydrogens (tertiary/aromatic N) is 3. The zero-order valence-electron chi connectivity index (χ0n) is 28.4. The highest BCUT2D eigenvalue weighted by molar-refractivity contribution is 6.05. The van der Waals surface area contributed by atoms with E-state index in [1.54, 1.807) is 15.9 Å². The van der Waals surface area contributed by atoms with Gasteiger partial charge in [0, 0.05) is 44.2 Å². The number of unbranched alkanes of at least 4 members (excludes halogenated alkanes) is 5. The Kier molecular flexibility index (Phi) is 12.1. The van der Waals surface area contributed by atoms with Crippen molar-refractivity contribution >= 4 is 29.2 Å². The fraction of sp³-hybridized carbons (Fsp3) is 0.649. The molecule has 2 bridgehead atoms. The molecule has 6 atom stereocenters. The zero-order chi connectivity index (χ0) is 33.5. The Morgan fingerprint density at radius 1 is 1.04 bits per heavy atom. The first-order chi connectivity index (χ1) is 22.1. The minimum atomic E-state index is -1.14. The molecule has 3 aliphatic rings. The molecule has 46 heavy (non-hydrogen) atoms. The van der Waals surface area contributed by atoms with Gasteiger partial charge in [0.15, 0.2) is 0 Å². The highest BCUT2D eigenvalue weighted by Crippen LogP contribution is 2.65. The third-order valence-corrected chi connectivity index (χ3v) is 10.5. The van der Waals surface area contributed by atoms with Gasteiger partial charge in [-0.2, -0.15) is 0 Å². The Balaban J connectivity index is 1.70. The lowest BCUT2D eigenvalue weighted by atomic mass is 9.62. The lowest BCUT2D eigenvalue weighted by Crippen LogP contribution is -2.57. The number of anilines is 2. The number of rotatable bonds is 19. The quantitative estimate of drug-likeness (QED) is 0.121. The number of aliphatic hydroxyl groups is 1. The second-order valence-corrected chi connectivity index (χ2v) is 13.3. The molecule has 2 amide bonds. The average molecular weight is 638 g/mol. The summed E-state index contributed by atoms with van der Waals surface area (Å²) in [4.78, 5) is 48.8. The summed E-state index contributed by atoms with van der Waals surface area (Å²) in [6, 6.07) is 7.05. The van der Waals surface area contributed by atoms with Crippen molar-refractivity contribution in [2.75, 3.05) is 49.2 Å². The number of hydrogen-bond donors (Lipinski definition) is 1. The van der Waals surface area contributed by atoms with Gasteiger partial charge in [-0.15, -0.1) is 13.2 Å². The van der Waals surface area contributed by atoms with E-state index in [1.165, 1.54) is 0 Å². The van der Waals surface area contributed by atoms with Crippen LogP contribution in [0.1, 0.15) is 79.1 Å². The van der Waals surface area contributed by atoms with Crippen LogP contribution in [-0.4, -0.2) is 84.4 Å². The summed E-state index contributed by atoms with van der Waals surface area (Å²) in [5, 5.41) is 9.25. The molecule has 0 saturated carbocycles. The maximum Gasteiger partial charge on any atom is 0.312 e. The van der Waals surface area contributed by atoms with Crippen molar-refractivity contribution < 1.29 is 29.0 Å². The zero-order valence-corrected chi connectivity index (χ0v) is 28.4. The Morgan fingerprint density at radius 3 is 2.35 bits per heavy atom. The highest BCUT2D eigenvalue weighted by Gasteiger charge is 2.80. The molecule has 3 heterocycles. The number of likely N-dealkylation sites (tertiary alicyclic amines) is 1. The van der Waals surface area contributed by atoms with Gasteiger partial charge in [-0.1, -0.05) is 31.9 Å². The fourth-order valence-electron chi connectivity index (χ4n) is 8.05. The van der Waals surface area contributed by atoms with Gasteiger partial charge in [-0.3, -0.25) is 14.4 Å². The largest absolute Gasteiger partial charge is 0.465 e. The minimum absolute atomic E-state index is 0.0594. The summed E-state index contributed by atoms with van der Waals surface area (Å²) in [6.45, 7) is 18.7. The summed E-state index contributed by atoms with van der Waals surface area (Å²) in [6.07, 6.45) is 9.51. The van der Waals surface area contributed by atoms with Crippen molar-refractivity contribution in [1.82, 2.24) is 4.90 Å². The van der Waals surface area contributed by atoms with Crippen LogP contribution in [0, 0.1) is 17.8 Å². The van der Waals surface area contributed by atoms with Crippen molar-refractivity contribution in [2.24, 2.45) is 17.8 Å². The van der Waals surface area contributed by atoms with E-state index in [0.717, 1.165) is 50.1 Å². The van der Waals surface area contributed by atoms with E-state index in [-0.39, 0.29) is 37.5 Å². The molecule has 1 N–H and O–H groups in total. The first-order valence-electron chi connectivity index (χ1n) is 17.3. The van der Waals surface area contributed by atoms with Gasteiger partial charge in [0.1, 0.15) is 17.6 Å². The SMILES string of the molecule is C=CCCCCOC(=O)[C@@H]1[C@H]2C(=O)N(CCCCCCO)C(C(=O)N(CC=C)c3ccc(N(CC)CC)cc3)C23CC(C)[C@@]1(C)O3. The van der Waals surface area contributed by atoms with Crippen LogP contribution in [0.3, 0.4) is 0 Å². The topological polar surface area (TPSA) is 99.6 Å². The number of allylic oxidation sites excluding steroid dienone is 1. The molecule has 3 fully saturated rings. The number of fused-ring (bicyclic) bond motifs is 1. The van der Waals surface area contributed by atoms with Crippen molar-refractivity contribution in [3.8, 4) is 0 Å². The van der Waals surface area contributed by atoms with Crippen molar-refractivity contribution in [3.63, 3.8) is 0 Å². The molecule has 254 valence electrons. The summed E-state index contributed by atoms with van der Waals surface area (Å²) in [5.74, 6) is -2.50. The monoisotopic (exact) mass is 637 g/mol. The molecule has 4 rings (SSSR count). The smallest absolute Gasteiger partial charge is 0.312 e. The molecular weight excluding hydrogens is 582 g/mol. The van der Waals surface area contributed by atoms with E-state index >= 15 is 0 Å². The number of carbonyl (C=O) groups excluding carboxylic acids is 3. The Labute approximate surface area is 275 Å². The van der Waals surface area contributed by atoms with Crippen molar-refractivity contribution in [3.05, 3.63) is 49.6 Å². The number of amides is 2. The Bertz CT molecular complexity index is 1230. The van der Waals surface area contributed by atoms with Gasteiger partial charge in [-0.25, -0.2) is 0 Å². The predicted octanol–water partition coefficient (Wildman–Crippen LogP) is 5.51.